The van der Waals surface area contributed by atoms with Crippen molar-refractivity contribution in [1.82, 2.24) is 4.90 Å². The fourth-order valence-corrected chi connectivity index (χ4v) is 2.45. The van der Waals surface area contributed by atoms with Gasteiger partial charge in [0.1, 0.15) is 0 Å². The van der Waals surface area contributed by atoms with E-state index in [1.54, 1.807) is 0 Å². The molecule has 0 atom stereocenters. The number of hydrogen-bond acceptors (Lipinski definition) is 4. The fourth-order valence-electron chi connectivity index (χ4n) is 2.45. The number of aliphatic hydroxyl groups is 1. The zero-order valence-corrected chi connectivity index (χ0v) is 12.4. The van der Waals surface area contributed by atoms with E-state index in [2.05, 4.69) is 9.80 Å². The van der Waals surface area contributed by atoms with Crippen molar-refractivity contribution in [3.05, 3.63) is 29.8 Å². The van der Waals surface area contributed by atoms with Crippen molar-refractivity contribution in [1.29, 1.82) is 0 Å². The monoisotopic (exact) mass is 318 g/mol. The van der Waals surface area contributed by atoms with Gasteiger partial charge in [-0.2, -0.15) is 13.2 Å². The molecule has 0 bridgehead atoms. The van der Waals surface area contributed by atoms with Crippen LogP contribution in [-0.2, 0) is 10.9 Å². The SMILES string of the molecule is OCCOCCN1CCN(c2ccc(C(F)(F)F)cc2)CC1. The summed E-state index contributed by atoms with van der Waals surface area (Å²) in [5.74, 6) is 0. The Labute approximate surface area is 128 Å². The average molecular weight is 318 g/mol. The third-order valence-corrected chi connectivity index (χ3v) is 3.72. The summed E-state index contributed by atoms with van der Waals surface area (Å²) in [6.07, 6.45) is -4.29. The van der Waals surface area contributed by atoms with Crippen molar-refractivity contribution < 1.29 is 23.0 Å². The van der Waals surface area contributed by atoms with E-state index in [9.17, 15) is 13.2 Å². The second kappa shape index (κ2) is 7.80. The molecule has 22 heavy (non-hydrogen) atoms. The number of rotatable bonds is 6. The molecule has 1 heterocycles. The molecule has 1 aliphatic heterocycles. The lowest BCUT2D eigenvalue weighted by Gasteiger charge is -2.36. The van der Waals surface area contributed by atoms with Crippen molar-refractivity contribution >= 4 is 5.69 Å². The van der Waals surface area contributed by atoms with E-state index in [0.29, 0.717) is 13.2 Å². The molecule has 1 N–H and O–H groups in total. The first-order valence-electron chi connectivity index (χ1n) is 7.34. The predicted molar refractivity (Wildman–Crippen MR) is 78.0 cm³/mol. The maximum atomic E-state index is 12.5. The van der Waals surface area contributed by atoms with Gasteiger partial charge in [0, 0.05) is 38.4 Å². The molecule has 124 valence electrons. The van der Waals surface area contributed by atoms with Gasteiger partial charge in [-0.1, -0.05) is 0 Å². The van der Waals surface area contributed by atoms with Gasteiger partial charge >= 0.3 is 6.18 Å². The minimum Gasteiger partial charge on any atom is -0.394 e. The molecule has 4 nitrogen and oxygen atoms in total. The van der Waals surface area contributed by atoms with E-state index >= 15 is 0 Å². The summed E-state index contributed by atoms with van der Waals surface area (Å²) >= 11 is 0. The maximum absolute atomic E-state index is 12.5. The third-order valence-electron chi connectivity index (χ3n) is 3.72. The second-order valence-corrected chi connectivity index (χ2v) is 5.21. The summed E-state index contributed by atoms with van der Waals surface area (Å²) in [6.45, 7) is 5.04. The van der Waals surface area contributed by atoms with Crippen LogP contribution in [0.1, 0.15) is 5.56 Å². The number of ether oxygens (including phenoxy) is 1. The molecular weight excluding hydrogens is 297 g/mol. The van der Waals surface area contributed by atoms with Crippen LogP contribution in [0.5, 0.6) is 0 Å². The van der Waals surface area contributed by atoms with Gasteiger partial charge in [-0.3, -0.25) is 4.90 Å². The van der Waals surface area contributed by atoms with Gasteiger partial charge in [0.25, 0.3) is 0 Å². The molecule has 0 aliphatic carbocycles. The largest absolute Gasteiger partial charge is 0.416 e. The van der Waals surface area contributed by atoms with E-state index in [4.69, 9.17) is 9.84 Å². The number of aliphatic hydroxyl groups excluding tert-OH is 1. The molecule has 0 aromatic heterocycles. The number of halogens is 3. The molecule has 1 aliphatic rings. The first kappa shape index (κ1) is 17.1. The Morgan fingerprint density at radius 2 is 1.64 bits per heavy atom. The van der Waals surface area contributed by atoms with E-state index in [1.165, 1.54) is 12.1 Å². The molecule has 0 unspecified atom stereocenters. The van der Waals surface area contributed by atoms with Gasteiger partial charge in [-0.25, -0.2) is 0 Å². The van der Waals surface area contributed by atoms with Crippen LogP contribution in [0.4, 0.5) is 18.9 Å². The highest BCUT2D eigenvalue weighted by Gasteiger charge is 2.30. The Kier molecular flexibility index (Phi) is 6.05. The smallest absolute Gasteiger partial charge is 0.394 e. The van der Waals surface area contributed by atoms with Crippen molar-refractivity contribution in [3.63, 3.8) is 0 Å². The third kappa shape index (κ3) is 4.86. The number of benzene rings is 1. The molecule has 1 aromatic rings. The van der Waals surface area contributed by atoms with E-state index < -0.39 is 11.7 Å². The molecule has 7 heteroatoms. The number of alkyl halides is 3. The zero-order valence-electron chi connectivity index (χ0n) is 12.4. The highest BCUT2D eigenvalue weighted by atomic mass is 19.4. The molecule has 0 spiro atoms. The molecule has 1 fully saturated rings. The minimum absolute atomic E-state index is 0.0295. The fraction of sp³-hybridized carbons (Fsp3) is 0.600. The van der Waals surface area contributed by atoms with Gasteiger partial charge in [-0.05, 0) is 24.3 Å². The standard InChI is InChI=1S/C15H21F3N2O2/c16-15(17,18)13-1-3-14(4-2-13)20-7-5-19(6-8-20)9-11-22-12-10-21/h1-4,21H,5-12H2. The lowest BCUT2D eigenvalue weighted by Crippen LogP contribution is -2.47. The van der Waals surface area contributed by atoms with Gasteiger partial charge in [0.2, 0.25) is 0 Å². The predicted octanol–water partition coefficient (Wildman–Crippen LogP) is 1.84. The number of anilines is 1. The minimum atomic E-state index is -4.29. The van der Waals surface area contributed by atoms with Crippen LogP contribution in [0, 0.1) is 0 Å². The maximum Gasteiger partial charge on any atom is 0.416 e. The second-order valence-electron chi connectivity index (χ2n) is 5.21. The van der Waals surface area contributed by atoms with Crippen LogP contribution >= 0.6 is 0 Å². The molecule has 1 saturated heterocycles. The first-order valence-corrected chi connectivity index (χ1v) is 7.34. The van der Waals surface area contributed by atoms with Crippen LogP contribution < -0.4 is 4.90 Å². The summed E-state index contributed by atoms with van der Waals surface area (Å²) in [7, 11) is 0. The van der Waals surface area contributed by atoms with Crippen molar-refractivity contribution in [2.45, 2.75) is 6.18 Å². The lowest BCUT2D eigenvalue weighted by molar-refractivity contribution is -0.137. The highest BCUT2D eigenvalue weighted by Crippen LogP contribution is 2.30. The van der Waals surface area contributed by atoms with Crippen LogP contribution in [0.3, 0.4) is 0 Å². The quantitative estimate of drug-likeness (QED) is 0.812. The molecule has 1 aromatic carbocycles. The highest BCUT2D eigenvalue weighted by molar-refractivity contribution is 5.48. The van der Waals surface area contributed by atoms with Crippen LogP contribution in [0.25, 0.3) is 0 Å². The van der Waals surface area contributed by atoms with Gasteiger partial charge in [-0.15, -0.1) is 0 Å². The summed E-state index contributed by atoms with van der Waals surface area (Å²) in [4.78, 5) is 4.34. The van der Waals surface area contributed by atoms with E-state index in [-0.39, 0.29) is 6.61 Å². The number of piperazine rings is 1. The van der Waals surface area contributed by atoms with E-state index in [0.717, 1.165) is 50.5 Å². The molecule has 0 amide bonds. The summed E-state index contributed by atoms with van der Waals surface area (Å²) in [6, 6.07) is 5.32. The molecule has 0 radical (unpaired) electrons. The van der Waals surface area contributed by atoms with Crippen LogP contribution in [0.15, 0.2) is 24.3 Å². The Hall–Kier alpha value is -1.31. The Bertz CT molecular complexity index is 443. The van der Waals surface area contributed by atoms with Gasteiger partial charge < -0.3 is 14.7 Å². The summed E-state index contributed by atoms with van der Waals surface area (Å²) < 4.78 is 42.8. The van der Waals surface area contributed by atoms with Gasteiger partial charge in [0.05, 0.1) is 25.4 Å². The molecule has 0 saturated carbocycles. The topological polar surface area (TPSA) is 35.9 Å². The Morgan fingerprint density at radius 3 is 2.18 bits per heavy atom. The molecule has 2 rings (SSSR count). The van der Waals surface area contributed by atoms with Crippen molar-refractivity contribution in [2.24, 2.45) is 0 Å². The zero-order chi connectivity index (χ0) is 16.0. The van der Waals surface area contributed by atoms with Crippen molar-refractivity contribution in [3.8, 4) is 0 Å². The van der Waals surface area contributed by atoms with Gasteiger partial charge in [0.15, 0.2) is 0 Å². The summed E-state index contributed by atoms with van der Waals surface area (Å²) in [5, 5.41) is 8.62. The number of nitrogens with zero attached hydrogens (tertiary/aromatic N) is 2. The average Bonchev–Trinajstić information content (AvgIpc) is 2.51. The summed E-state index contributed by atoms with van der Waals surface area (Å²) in [5.41, 5.74) is 0.208. The van der Waals surface area contributed by atoms with E-state index in [1.807, 2.05) is 0 Å². The van der Waals surface area contributed by atoms with Crippen LogP contribution in [0.2, 0.25) is 0 Å². The van der Waals surface area contributed by atoms with Crippen LogP contribution in [-0.4, -0.2) is 62.6 Å². The lowest BCUT2D eigenvalue weighted by atomic mass is 10.1. The Morgan fingerprint density at radius 1 is 1.00 bits per heavy atom. The first-order chi connectivity index (χ1) is 10.5. The Balaban J connectivity index is 1.79. The number of hydrogen-bond donors (Lipinski definition) is 1. The molecular formula is C15H21F3N2O2. The van der Waals surface area contributed by atoms with Crippen molar-refractivity contribution in [2.75, 3.05) is 57.4 Å². The normalized spacial score (nSPS) is 17.0.